The summed E-state index contributed by atoms with van der Waals surface area (Å²) >= 11 is -2.34. The Bertz CT molecular complexity index is 1410. The Morgan fingerprint density at radius 2 is 1.24 bits per heavy atom. The van der Waals surface area contributed by atoms with Gasteiger partial charge in [0.05, 0.1) is 0 Å². The SMILES string of the molecule is Cc1cccc([Si](c2cccc(C)c2)=[Zr]([C]2=CC=CC2)[CH]2c3ccccc3-c3ccccc32)c1. The van der Waals surface area contributed by atoms with Crippen molar-refractivity contribution in [3.8, 4) is 11.1 Å². The van der Waals surface area contributed by atoms with Crippen LogP contribution in [0.5, 0.6) is 0 Å². The summed E-state index contributed by atoms with van der Waals surface area (Å²) in [6.07, 6.45) is 8.33. The molecule has 0 radical (unpaired) electrons. The molecule has 2 heteroatoms. The molecule has 164 valence electrons. The van der Waals surface area contributed by atoms with E-state index in [2.05, 4.69) is 129 Å². The zero-order chi connectivity index (χ0) is 23.1. The molecule has 0 aromatic heterocycles. The van der Waals surface area contributed by atoms with Crippen molar-refractivity contribution in [2.24, 2.45) is 0 Å². The monoisotopic (exact) mass is 530 g/mol. The third-order valence-electron chi connectivity index (χ3n) is 7.12. The maximum atomic E-state index is 2.49. The van der Waals surface area contributed by atoms with E-state index in [1.54, 1.807) is 24.8 Å². The molecule has 4 aromatic carbocycles. The zero-order valence-electron chi connectivity index (χ0n) is 19.8. The molecule has 2 aliphatic carbocycles. The van der Waals surface area contributed by atoms with E-state index in [0.29, 0.717) is 3.63 Å². The Kier molecular flexibility index (Phi) is 5.97. The number of aryl methyl sites for hydroxylation is 2. The molecule has 0 heterocycles. The summed E-state index contributed by atoms with van der Waals surface area (Å²) in [6.45, 7) is 4.50. The molecule has 0 N–H and O–H groups in total. The minimum absolute atomic E-state index is 0.566. The van der Waals surface area contributed by atoms with Crippen LogP contribution in [-0.4, -0.2) is 5.43 Å². The van der Waals surface area contributed by atoms with E-state index in [1.165, 1.54) is 22.3 Å². The number of hydrogen-bond acceptors (Lipinski definition) is 0. The molecular weight excluding hydrogens is 504 g/mol. The molecule has 4 aromatic rings. The molecule has 0 saturated heterocycles. The van der Waals surface area contributed by atoms with Gasteiger partial charge in [0.25, 0.3) is 0 Å². The van der Waals surface area contributed by atoms with E-state index in [9.17, 15) is 0 Å². The van der Waals surface area contributed by atoms with E-state index < -0.39 is 25.8 Å². The molecule has 0 bridgehead atoms. The van der Waals surface area contributed by atoms with Gasteiger partial charge in [-0.05, 0) is 0 Å². The van der Waals surface area contributed by atoms with Crippen molar-refractivity contribution < 1.29 is 20.4 Å². The average molecular weight is 532 g/mol. The van der Waals surface area contributed by atoms with E-state index in [1.807, 2.05) is 0 Å². The zero-order valence-corrected chi connectivity index (χ0v) is 23.2. The van der Waals surface area contributed by atoms with Gasteiger partial charge in [-0.1, -0.05) is 0 Å². The average Bonchev–Trinajstić information content (AvgIpc) is 3.49. The van der Waals surface area contributed by atoms with Gasteiger partial charge in [-0.2, -0.15) is 0 Å². The molecule has 0 amide bonds. The summed E-state index contributed by atoms with van der Waals surface area (Å²) in [5.41, 5.74) is 7.89. The van der Waals surface area contributed by atoms with Crippen LogP contribution >= 0.6 is 0 Å². The van der Waals surface area contributed by atoms with Crippen LogP contribution in [0, 0.1) is 13.8 Å². The predicted molar refractivity (Wildman–Crippen MR) is 143 cm³/mol. The van der Waals surface area contributed by atoms with E-state index in [4.69, 9.17) is 0 Å². The number of fused-ring (bicyclic) bond motifs is 3. The standard InChI is InChI=1S/C14H14Si.C13H9.C5H5.Zr/c1-11-5-3-7-13(9-11)15-14-8-4-6-12(2)10-14;1-3-7-12-10(5-1)9-11-6-2-4-8-13(11)12;1-2-4-5-3-1;/h3-10H,1-2H3;1-9H;1-3H,4H2;. The van der Waals surface area contributed by atoms with Crippen LogP contribution in [0.1, 0.15) is 32.3 Å². The third-order valence-corrected chi connectivity index (χ3v) is 26.8. The topological polar surface area (TPSA) is 0 Å². The summed E-state index contributed by atoms with van der Waals surface area (Å²) in [4.78, 5) is 0. The molecule has 0 fully saturated rings. The summed E-state index contributed by atoms with van der Waals surface area (Å²) in [5, 5.41) is 3.19. The number of hydrogen-bond donors (Lipinski definition) is 0. The first-order valence-electron chi connectivity index (χ1n) is 12.1. The second kappa shape index (κ2) is 9.25. The Balaban J connectivity index is 1.73. The maximum absolute atomic E-state index is 2.49. The van der Waals surface area contributed by atoms with Gasteiger partial charge in [0.15, 0.2) is 0 Å². The normalized spacial score (nSPS) is 14.0. The van der Waals surface area contributed by atoms with E-state index in [0.717, 1.165) is 6.42 Å². The van der Waals surface area contributed by atoms with Gasteiger partial charge in [-0.3, -0.25) is 0 Å². The molecule has 0 saturated carbocycles. The van der Waals surface area contributed by atoms with Crippen molar-refractivity contribution in [2.75, 3.05) is 0 Å². The summed E-state index contributed by atoms with van der Waals surface area (Å²) in [7, 11) is 0. The third kappa shape index (κ3) is 3.88. The Morgan fingerprint density at radius 1 is 0.676 bits per heavy atom. The summed E-state index contributed by atoms with van der Waals surface area (Å²) in [6, 6.07) is 37.4. The molecule has 34 heavy (non-hydrogen) atoms. The van der Waals surface area contributed by atoms with Crippen molar-refractivity contribution in [1.82, 2.24) is 0 Å². The summed E-state index contributed by atoms with van der Waals surface area (Å²) < 4.78 is 2.34. The van der Waals surface area contributed by atoms with Gasteiger partial charge >= 0.3 is 212 Å². The van der Waals surface area contributed by atoms with Crippen LogP contribution < -0.4 is 10.4 Å². The molecule has 0 unspecified atom stereocenters. The Morgan fingerprint density at radius 3 is 1.74 bits per heavy atom. The van der Waals surface area contributed by atoms with Crippen molar-refractivity contribution in [2.45, 2.75) is 23.9 Å². The molecule has 0 spiro atoms. The fraction of sp³-hybridized carbons (Fsp3) is 0.125. The second-order valence-electron chi connectivity index (χ2n) is 9.46. The predicted octanol–water partition coefficient (Wildman–Crippen LogP) is 6.64. The first-order chi connectivity index (χ1) is 16.7. The van der Waals surface area contributed by atoms with Crippen molar-refractivity contribution in [3.63, 3.8) is 0 Å². The Hall–Kier alpha value is -2.54. The van der Waals surface area contributed by atoms with Gasteiger partial charge in [0.1, 0.15) is 0 Å². The summed E-state index contributed by atoms with van der Waals surface area (Å²) in [5.74, 6) is 0. The molecule has 0 atom stereocenters. The van der Waals surface area contributed by atoms with Gasteiger partial charge in [0, 0.05) is 0 Å². The van der Waals surface area contributed by atoms with Crippen molar-refractivity contribution in [3.05, 3.63) is 141 Å². The Labute approximate surface area is 210 Å². The fourth-order valence-corrected chi connectivity index (χ4v) is 28.0. The molecule has 0 nitrogen and oxygen atoms in total. The quantitative estimate of drug-likeness (QED) is 0.259. The molecular formula is C32H28SiZr. The molecule has 6 rings (SSSR count). The van der Waals surface area contributed by atoms with Crippen molar-refractivity contribution in [1.29, 1.82) is 0 Å². The number of allylic oxidation sites excluding steroid dienone is 4. The van der Waals surface area contributed by atoms with Crippen LogP contribution in [0.2, 0.25) is 0 Å². The van der Waals surface area contributed by atoms with Gasteiger partial charge in [0.2, 0.25) is 0 Å². The molecule has 2 aliphatic rings. The van der Waals surface area contributed by atoms with Crippen LogP contribution in [0.25, 0.3) is 11.1 Å². The van der Waals surface area contributed by atoms with Gasteiger partial charge < -0.3 is 0 Å². The van der Waals surface area contributed by atoms with Gasteiger partial charge in [-0.25, -0.2) is 0 Å². The minimum atomic E-state index is -2.34. The van der Waals surface area contributed by atoms with Crippen LogP contribution in [0.4, 0.5) is 0 Å². The van der Waals surface area contributed by atoms with E-state index >= 15 is 0 Å². The van der Waals surface area contributed by atoms with Gasteiger partial charge in [-0.15, -0.1) is 0 Å². The number of benzene rings is 4. The van der Waals surface area contributed by atoms with Crippen LogP contribution in [0.3, 0.4) is 0 Å². The molecule has 0 aliphatic heterocycles. The fourth-order valence-electron chi connectivity index (χ4n) is 5.68. The number of rotatable bonds is 4. The first-order valence-corrected chi connectivity index (χ1v) is 20.0. The van der Waals surface area contributed by atoms with Crippen LogP contribution in [0.15, 0.2) is 119 Å². The van der Waals surface area contributed by atoms with Crippen molar-refractivity contribution >= 4 is 15.8 Å². The first kappa shape index (κ1) is 22.0. The second-order valence-corrected chi connectivity index (χ2v) is 23.3. The van der Waals surface area contributed by atoms with E-state index in [-0.39, 0.29) is 0 Å². The van der Waals surface area contributed by atoms with Crippen LogP contribution in [-0.2, 0) is 20.4 Å².